The van der Waals surface area contributed by atoms with Crippen molar-refractivity contribution >= 4 is 23.4 Å². The second-order valence-electron chi connectivity index (χ2n) is 8.18. The van der Waals surface area contributed by atoms with Gasteiger partial charge in [-0.2, -0.15) is 15.3 Å². The van der Waals surface area contributed by atoms with E-state index in [1.54, 1.807) is 18.5 Å². The Bertz CT molecular complexity index is 1190. The standard InChI is InChI=1S/C22H25N9O/c1-13(2)19-21(32)28-18-14(3)27-22(29-20(18)30(19)4)25-9-16-10-26-31(12-16)11-15-5-6-24-17(7-15)8-23/h5-7,10,12-13,19H,9,11H2,1-4H3,(H,28,32)(H,25,27,29)/t19-/m0/s1. The summed E-state index contributed by atoms with van der Waals surface area (Å²) in [5.74, 6) is 1.31. The van der Waals surface area contributed by atoms with Crippen LogP contribution in [-0.2, 0) is 17.9 Å². The van der Waals surface area contributed by atoms with Crippen LogP contribution in [0.4, 0.5) is 17.5 Å². The number of hydrogen-bond acceptors (Lipinski definition) is 8. The van der Waals surface area contributed by atoms with Crippen LogP contribution in [0.5, 0.6) is 0 Å². The molecule has 4 rings (SSSR count). The lowest BCUT2D eigenvalue weighted by atomic mass is 9.99. The topological polar surface area (TPSA) is 125 Å². The smallest absolute Gasteiger partial charge is 0.247 e. The highest BCUT2D eigenvalue weighted by Gasteiger charge is 2.35. The maximum atomic E-state index is 12.5. The van der Waals surface area contributed by atoms with Crippen LogP contribution in [0, 0.1) is 24.2 Å². The molecule has 1 aliphatic heterocycles. The lowest BCUT2D eigenvalue weighted by Crippen LogP contribution is -2.49. The number of carbonyl (C=O) groups is 1. The summed E-state index contributed by atoms with van der Waals surface area (Å²) in [6, 6.07) is 5.38. The van der Waals surface area contributed by atoms with Gasteiger partial charge in [0.25, 0.3) is 0 Å². The van der Waals surface area contributed by atoms with E-state index in [0.717, 1.165) is 11.1 Å². The van der Waals surface area contributed by atoms with Crippen molar-refractivity contribution in [2.45, 2.75) is 39.9 Å². The van der Waals surface area contributed by atoms with E-state index in [9.17, 15) is 4.79 Å². The van der Waals surface area contributed by atoms with Crippen LogP contribution in [0.25, 0.3) is 0 Å². The van der Waals surface area contributed by atoms with Crippen LogP contribution in [0.2, 0.25) is 0 Å². The molecule has 10 heteroatoms. The van der Waals surface area contributed by atoms with Crippen molar-refractivity contribution in [1.29, 1.82) is 5.26 Å². The molecule has 3 aromatic heterocycles. The number of pyridine rings is 1. The average molecular weight is 432 g/mol. The average Bonchev–Trinajstić information content (AvgIpc) is 3.20. The van der Waals surface area contributed by atoms with Crippen molar-refractivity contribution in [3.8, 4) is 6.07 Å². The Kier molecular flexibility index (Phi) is 5.73. The Labute approximate surface area is 186 Å². The molecular weight excluding hydrogens is 406 g/mol. The van der Waals surface area contributed by atoms with Crippen molar-refractivity contribution < 1.29 is 4.79 Å². The molecule has 164 valence electrons. The predicted molar refractivity (Wildman–Crippen MR) is 120 cm³/mol. The molecule has 3 aromatic rings. The van der Waals surface area contributed by atoms with Crippen LogP contribution in [0.15, 0.2) is 30.7 Å². The second-order valence-corrected chi connectivity index (χ2v) is 8.18. The van der Waals surface area contributed by atoms with Gasteiger partial charge in [-0.1, -0.05) is 13.8 Å². The molecule has 0 saturated heterocycles. The molecule has 0 aromatic carbocycles. The summed E-state index contributed by atoms with van der Waals surface area (Å²) in [5.41, 5.74) is 3.68. The highest BCUT2D eigenvalue weighted by atomic mass is 16.2. The predicted octanol–water partition coefficient (Wildman–Crippen LogP) is 2.32. The lowest BCUT2D eigenvalue weighted by Gasteiger charge is -2.36. The van der Waals surface area contributed by atoms with Gasteiger partial charge in [-0.25, -0.2) is 9.97 Å². The van der Waals surface area contributed by atoms with E-state index in [0.29, 0.717) is 41.9 Å². The normalized spacial score (nSPS) is 15.3. The third-order valence-corrected chi connectivity index (χ3v) is 5.39. The summed E-state index contributed by atoms with van der Waals surface area (Å²) in [4.78, 5) is 27.5. The van der Waals surface area contributed by atoms with E-state index in [-0.39, 0.29) is 17.9 Å². The molecule has 32 heavy (non-hydrogen) atoms. The first-order chi connectivity index (χ1) is 15.4. The SMILES string of the molecule is Cc1nc(NCc2cnn(Cc3ccnc(C#N)c3)c2)nc2c1NC(=O)[C@H](C(C)C)N2C. The number of aromatic nitrogens is 5. The molecule has 4 heterocycles. The maximum Gasteiger partial charge on any atom is 0.247 e. The molecule has 0 aliphatic carbocycles. The van der Waals surface area contributed by atoms with Gasteiger partial charge in [0.15, 0.2) is 5.82 Å². The van der Waals surface area contributed by atoms with Gasteiger partial charge in [-0.15, -0.1) is 0 Å². The summed E-state index contributed by atoms with van der Waals surface area (Å²) in [5, 5.41) is 19.6. The van der Waals surface area contributed by atoms with E-state index in [4.69, 9.17) is 5.26 Å². The van der Waals surface area contributed by atoms with Gasteiger partial charge in [-0.3, -0.25) is 9.48 Å². The Morgan fingerprint density at radius 1 is 1.31 bits per heavy atom. The first kappa shape index (κ1) is 21.2. The summed E-state index contributed by atoms with van der Waals surface area (Å²) in [6.45, 7) is 6.94. The van der Waals surface area contributed by atoms with Crippen molar-refractivity contribution in [3.63, 3.8) is 0 Å². The number of nitriles is 1. The van der Waals surface area contributed by atoms with Gasteiger partial charge in [0.1, 0.15) is 23.5 Å². The van der Waals surface area contributed by atoms with Crippen molar-refractivity contribution in [2.75, 3.05) is 22.6 Å². The zero-order valence-corrected chi connectivity index (χ0v) is 18.5. The summed E-state index contributed by atoms with van der Waals surface area (Å²) in [7, 11) is 1.89. The highest BCUT2D eigenvalue weighted by molar-refractivity contribution is 6.03. The lowest BCUT2D eigenvalue weighted by molar-refractivity contribution is -0.118. The van der Waals surface area contributed by atoms with Crippen LogP contribution < -0.4 is 15.5 Å². The Morgan fingerprint density at radius 2 is 2.12 bits per heavy atom. The Morgan fingerprint density at radius 3 is 2.88 bits per heavy atom. The number of likely N-dealkylation sites (N-methyl/N-ethyl adjacent to an activating group) is 1. The van der Waals surface area contributed by atoms with Gasteiger partial charge in [0, 0.05) is 31.5 Å². The van der Waals surface area contributed by atoms with Crippen LogP contribution in [-0.4, -0.2) is 43.7 Å². The number of nitrogens with zero attached hydrogens (tertiary/aromatic N) is 7. The molecular formula is C22H25N9O. The first-order valence-electron chi connectivity index (χ1n) is 10.4. The first-order valence-corrected chi connectivity index (χ1v) is 10.4. The minimum Gasteiger partial charge on any atom is -0.350 e. The quantitative estimate of drug-likeness (QED) is 0.609. The molecule has 0 bridgehead atoms. The van der Waals surface area contributed by atoms with Gasteiger partial charge in [0.2, 0.25) is 11.9 Å². The van der Waals surface area contributed by atoms with Crippen LogP contribution in [0.3, 0.4) is 0 Å². The monoisotopic (exact) mass is 431 g/mol. The summed E-state index contributed by atoms with van der Waals surface area (Å²) >= 11 is 0. The van der Waals surface area contributed by atoms with E-state index in [2.05, 4.69) is 30.7 Å². The Balaban J connectivity index is 1.46. The van der Waals surface area contributed by atoms with Crippen molar-refractivity contribution in [1.82, 2.24) is 24.7 Å². The molecule has 2 N–H and O–H groups in total. The zero-order chi connectivity index (χ0) is 22.8. The molecule has 0 unspecified atom stereocenters. The second kappa shape index (κ2) is 8.63. The van der Waals surface area contributed by atoms with Crippen molar-refractivity contribution in [2.24, 2.45) is 5.92 Å². The molecule has 0 spiro atoms. The number of aryl methyl sites for hydroxylation is 1. The van der Waals surface area contributed by atoms with E-state index in [1.807, 2.05) is 55.7 Å². The molecule has 1 amide bonds. The number of anilines is 3. The number of rotatable bonds is 6. The highest BCUT2D eigenvalue weighted by Crippen LogP contribution is 2.34. The number of fused-ring (bicyclic) bond motifs is 1. The zero-order valence-electron chi connectivity index (χ0n) is 18.5. The van der Waals surface area contributed by atoms with Gasteiger partial charge in [0.05, 0.1) is 18.4 Å². The van der Waals surface area contributed by atoms with E-state index < -0.39 is 0 Å². The molecule has 10 nitrogen and oxygen atoms in total. The van der Waals surface area contributed by atoms with Gasteiger partial charge < -0.3 is 15.5 Å². The largest absolute Gasteiger partial charge is 0.350 e. The minimum absolute atomic E-state index is 0.0362. The summed E-state index contributed by atoms with van der Waals surface area (Å²) in [6.07, 6.45) is 5.34. The molecule has 0 fully saturated rings. The number of carbonyl (C=O) groups excluding carboxylic acids is 1. The number of nitrogens with one attached hydrogen (secondary N) is 2. The van der Waals surface area contributed by atoms with Gasteiger partial charge >= 0.3 is 0 Å². The Hall–Kier alpha value is -4.00. The molecule has 0 radical (unpaired) electrons. The fourth-order valence-electron chi connectivity index (χ4n) is 3.88. The fraction of sp³-hybridized carbons (Fsp3) is 0.364. The van der Waals surface area contributed by atoms with Crippen LogP contribution in [0.1, 0.15) is 36.4 Å². The molecule has 0 saturated carbocycles. The number of amides is 1. The third-order valence-electron chi connectivity index (χ3n) is 5.39. The van der Waals surface area contributed by atoms with E-state index in [1.165, 1.54) is 0 Å². The maximum absolute atomic E-state index is 12.5. The minimum atomic E-state index is -0.280. The summed E-state index contributed by atoms with van der Waals surface area (Å²) < 4.78 is 1.81. The molecule has 1 atom stereocenters. The third kappa shape index (κ3) is 4.23. The van der Waals surface area contributed by atoms with Crippen LogP contribution >= 0.6 is 0 Å². The fourth-order valence-corrected chi connectivity index (χ4v) is 3.88. The molecule has 1 aliphatic rings. The van der Waals surface area contributed by atoms with Gasteiger partial charge in [-0.05, 0) is 30.5 Å². The van der Waals surface area contributed by atoms with E-state index >= 15 is 0 Å². The van der Waals surface area contributed by atoms with Crippen molar-refractivity contribution in [3.05, 3.63) is 53.2 Å². The number of hydrogen-bond donors (Lipinski definition) is 2.